The molecule has 2 spiro atoms. The molecule has 2 saturated heterocycles. The zero-order valence-electron chi connectivity index (χ0n) is 34.8. The Morgan fingerprint density at radius 3 is 1.65 bits per heavy atom. The molecule has 8 rings (SSSR count). The molecule has 318 valence electrons. The summed E-state index contributed by atoms with van der Waals surface area (Å²) in [5, 5.41) is 8.27. The molecular formula is C44H54N8O8. The molecule has 2 aliphatic carbocycles. The van der Waals surface area contributed by atoms with Crippen LogP contribution >= 0.6 is 0 Å². The largest absolute Gasteiger partial charge is 0.453 e. The van der Waals surface area contributed by atoms with Gasteiger partial charge in [-0.3, -0.25) is 19.3 Å². The van der Waals surface area contributed by atoms with Gasteiger partial charge in [0.15, 0.2) is 0 Å². The smallest absolute Gasteiger partial charge is 0.407 e. The van der Waals surface area contributed by atoms with Crippen molar-refractivity contribution in [3.05, 3.63) is 72.6 Å². The van der Waals surface area contributed by atoms with Gasteiger partial charge in [-0.1, -0.05) is 69.3 Å². The Morgan fingerprint density at radius 1 is 0.733 bits per heavy atom. The summed E-state index contributed by atoms with van der Waals surface area (Å²) in [6.45, 7) is 5.97. The average molecular weight is 823 g/mol. The summed E-state index contributed by atoms with van der Waals surface area (Å²) < 4.78 is 9.45. The minimum atomic E-state index is -0.817. The number of aromatic amines is 2. The highest BCUT2D eigenvalue weighted by Gasteiger charge is 2.54. The number of hydroxylamine groups is 4. The molecule has 2 aliphatic heterocycles. The van der Waals surface area contributed by atoms with E-state index in [-0.39, 0.29) is 41.7 Å². The van der Waals surface area contributed by atoms with Crippen molar-refractivity contribution < 1.29 is 38.3 Å². The lowest BCUT2D eigenvalue weighted by atomic mass is 9.77. The van der Waals surface area contributed by atoms with E-state index in [1.54, 1.807) is 12.4 Å². The number of ether oxygens (including phenoxy) is 2. The average Bonchev–Trinajstić information content (AvgIpc) is 4.06. The van der Waals surface area contributed by atoms with Crippen LogP contribution in [-0.2, 0) is 28.7 Å². The predicted molar refractivity (Wildman–Crippen MR) is 219 cm³/mol. The molecule has 4 fully saturated rings. The maximum Gasteiger partial charge on any atom is 0.407 e. The molecule has 2 saturated carbocycles. The summed E-state index contributed by atoms with van der Waals surface area (Å²) in [6.07, 6.45) is 9.53. The molecule has 4 aromatic rings. The molecule has 16 nitrogen and oxygen atoms in total. The van der Waals surface area contributed by atoms with Crippen molar-refractivity contribution in [3.8, 4) is 33.6 Å². The van der Waals surface area contributed by atoms with Crippen molar-refractivity contribution in [2.24, 2.45) is 11.8 Å². The molecule has 4 N–H and O–H groups in total. The third kappa shape index (κ3) is 8.22. The van der Waals surface area contributed by atoms with Crippen molar-refractivity contribution in [3.63, 3.8) is 0 Å². The third-order valence-corrected chi connectivity index (χ3v) is 12.5. The van der Waals surface area contributed by atoms with Crippen LogP contribution in [0.1, 0.15) is 102 Å². The van der Waals surface area contributed by atoms with E-state index in [0.29, 0.717) is 31.0 Å². The Hall–Kier alpha value is -5.74. The number of aromatic nitrogens is 4. The lowest BCUT2D eigenvalue weighted by Crippen LogP contribution is -2.51. The first-order valence-electron chi connectivity index (χ1n) is 20.9. The van der Waals surface area contributed by atoms with E-state index < -0.39 is 29.9 Å². The van der Waals surface area contributed by atoms with Gasteiger partial charge in [-0.2, -0.15) is 0 Å². The molecule has 2 aromatic heterocycles. The lowest BCUT2D eigenvalue weighted by Gasteiger charge is -2.37. The predicted octanol–water partition coefficient (Wildman–Crippen LogP) is 7.15. The molecule has 4 amide bonds. The number of amides is 4. The van der Waals surface area contributed by atoms with Crippen molar-refractivity contribution in [2.45, 2.75) is 108 Å². The van der Waals surface area contributed by atoms with Crippen LogP contribution in [0, 0.1) is 11.8 Å². The highest BCUT2D eigenvalue weighted by atomic mass is 16.7. The molecule has 0 radical (unpaired) electrons. The van der Waals surface area contributed by atoms with Crippen LogP contribution in [0.3, 0.4) is 0 Å². The van der Waals surface area contributed by atoms with Crippen LogP contribution in [0.25, 0.3) is 33.6 Å². The Labute approximate surface area is 349 Å². The van der Waals surface area contributed by atoms with Gasteiger partial charge in [-0.05, 0) is 72.6 Å². The number of methoxy groups -OCH3 is 2. The summed E-state index contributed by atoms with van der Waals surface area (Å²) in [6, 6.07) is 14.9. The molecule has 4 unspecified atom stereocenters. The van der Waals surface area contributed by atoms with Gasteiger partial charge in [0.05, 0.1) is 49.2 Å². The summed E-state index contributed by atoms with van der Waals surface area (Å²) in [5.74, 6) is 0.547. The van der Waals surface area contributed by atoms with E-state index in [2.05, 4.69) is 61.7 Å². The second-order valence-corrected chi connectivity index (χ2v) is 17.1. The molecule has 60 heavy (non-hydrogen) atoms. The third-order valence-electron chi connectivity index (χ3n) is 12.5. The van der Waals surface area contributed by atoms with Crippen molar-refractivity contribution >= 4 is 24.0 Å². The van der Waals surface area contributed by atoms with E-state index in [0.717, 1.165) is 72.2 Å². The molecule has 4 aliphatic rings. The van der Waals surface area contributed by atoms with Gasteiger partial charge in [-0.15, -0.1) is 0 Å². The van der Waals surface area contributed by atoms with E-state index >= 15 is 0 Å². The summed E-state index contributed by atoms with van der Waals surface area (Å²) >= 11 is 0. The Morgan fingerprint density at radius 2 is 1.20 bits per heavy atom. The monoisotopic (exact) mass is 822 g/mol. The van der Waals surface area contributed by atoms with Crippen LogP contribution in [0.4, 0.5) is 9.59 Å². The molecule has 4 atom stereocenters. The number of rotatable bonds is 12. The number of H-pyrrole nitrogens is 2. The fraction of sp³-hybridized carbons (Fsp3) is 0.500. The molecule has 4 heterocycles. The van der Waals surface area contributed by atoms with Gasteiger partial charge < -0.3 is 30.1 Å². The van der Waals surface area contributed by atoms with Gasteiger partial charge in [0.25, 0.3) is 5.91 Å². The van der Waals surface area contributed by atoms with Crippen LogP contribution in [0.5, 0.6) is 0 Å². The maximum absolute atomic E-state index is 13.8. The standard InChI is InChI=1S/C44H54N8O8/c1-26(2)37(50-42(56)58-5)40(54)52-35(22-44(60-52)18-7-19-44)39-46-25-33(49-39)31-14-10-29(11-15-31)28-8-12-30(13-9-28)32-24-45-38(48-32)34-21-43(16-6-17-43)59-51(34)36(53)20-27(3)23-47-41(55)57-4/h8-15,24-27,34-35,37H,6-7,16-23H2,1-5H3,(H,45,48)(H,46,49)(H,47,55)(H,50,56). The van der Waals surface area contributed by atoms with Crippen molar-refractivity contribution in [1.82, 2.24) is 40.7 Å². The first-order chi connectivity index (χ1) is 28.9. The number of hydrogen-bond donors (Lipinski definition) is 4. The maximum atomic E-state index is 13.8. The van der Waals surface area contributed by atoms with Gasteiger partial charge in [0.2, 0.25) is 5.91 Å². The zero-order chi connectivity index (χ0) is 42.2. The number of imidazole rings is 2. The van der Waals surface area contributed by atoms with Gasteiger partial charge >= 0.3 is 12.2 Å². The first-order valence-corrected chi connectivity index (χ1v) is 20.9. The van der Waals surface area contributed by atoms with E-state index in [1.165, 1.54) is 24.3 Å². The normalized spacial score (nSPS) is 21.0. The summed E-state index contributed by atoms with van der Waals surface area (Å²) in [5.41, 5.74) is 4.91. The number of carbonyl (C=O) groups is 4. The Bertz CT molecular complexity index is 2190. The highest BCUT2D eigenvalue weighted by Crippen LogP contribution is 2.52. The molecule has 0 bridgehead atoms. The number of nitrogens with one attached hydrogen (secondary N) is 4. The number of benzene rings is 2. The molecular weight excluding hydrogens is 769 g/mol. The SMILES string of the molecule is COC(=O)NCC(C)CC(=O)N1OC2(CCC2)CC1c1ncc(-c2ccc(-c3ccc(-c4cnc(C5CC6(CCC6)ON5C(=O)C(NC(=O)OC)C(C)C)[nH]4)cc3)cc2)[nH]1. The number of alkyl carbamates (subject to hydrolysis) is 2. The number of nitrogens with zero attached hydrogens (tertiary/aromatic N) is 4. The second-order valence-electron chi connectivity index (χ2n) is 17.1. The van der Waals surface area contributed by atoms with Crippen molar-refractivity contribution in [1.29, 1.82) is 0 Å². The zero-order valence-corrected chi connectivity index (χ0v) is 34.8. The van der Waals surface area contributed by atoms with Gasteiger partial charge in [-0.25, -0.2) is 29.7 Å². The Kier molecular flexibility index (Phi) is 11.4. The minimum absolute atomic E-state index is 0.108. The fourth-order valence-corrected chi connectivity index (χ4v) is 8.68. The van der Waals surface area contributed by atoms with Crippen molar-refractivity contribution in [2.75, 3.05) is 20.8 Å². The fourth-order valence-electron chi connectivity index (χ4n) is 8.68. The quantitative estimate of drug-likeness (QED) is 0.114. The van der Waals surface area contributed by atoms with Crippen LogP contribution in [-0.4, -0.2) is 92.1 Å². The first kappa shape index (κ1) is 41.0. The summed E-state index contributed by atoms with van der Waals surface area (Å²) in [4.78, 5) is 80.0. The van der Waals surface area contributed by atoms with Gasteiger partial charge in [0, 0.05) is 25.8 Å². The summed E-state index contributed by atoms with van der Waals surface area (Å²) in [7, 11) is 2.59. The van der Waals surface area contributed by atoms with Crippen LogP contribution < -0.4 is 10.6 Å². The molecule has 2 aromatic carbocycles. The van der Waals surface area contributed by atoms with Crippen LogP contribution in [0.2, 0.25) is 0 Å². The lowest BCUT2D eigenvalue weighted by molar-refractivity contribution is -0.230. The minimum Gasteiger partial charge on any atom is -0.453 e. The number of carbonyl (C=O) groups excluding carboxylic acids is 4. The topological polar surface area (TPSA) is 193 Å². The Balaban J connectivity index is 0.930. The van der Waals surface area contributed by atoms with Gasteiger partial charge in [0.1, 0.15) is 29.8 Å². The second kappa shape index (κ2) is 16.7. The number of hydrogen-bond acceptors (Lipinski definition) is 10. The van der Waals surface area contributed by atoms with E-state index in [1.807, 2.05) is 32.9 Å². The van der Waals surface area contributed by atoms with E-state index in [9.17, 15) is 19.2 Å². The van der Waals surface area contributed by atoms with E-state index in [4.69, 9.17) is 24.4 Å². The van der Waals surface area contributed by atoms with Crippen LogP contribution in [0.15, 0.2) is 60.9 Å². The molecule has 16 heteroatoms. The highest BCUT2D eigenvalue weighted by molar-refractivity contribution is 5.86.